The standard InChI is InChI=1S/C17H27N3O/c1-3-10-20-11-8-15(9-12-20)19(2)17(21)13-14-6-4-5-7-16(14)18/h4-7,15H,3,8-13,18H2,1-2H3. The fraction of sp³-hybridized carbons (Fsp3) is 0.588. The molecule has 1 heterocycles. The van der Waals surface area contributed by atoms with Crippen LogP contribution in [-0.2, 0) is 11.2 Å². The zero-order chi connectivity index (χ0) is 15.2. The topological polar surface area (TPSA) is 49.6 Å². The second-order valence-electron chi connectivity index (χ2n) is 5.95. The number of carbonyl (C=O) groups is 1. The third-order valence-electron chi connectivity index (χ3n) is 4.43. The van der Waals surface area contributed by atoms with Crippen molar-refractivity contribution in [3.8, 4) is 0 Å². The molecule has 0 radical (unpaired) electrons. The highest BCUT2D eigenvalue weighted by atomic mass is 16.2. The zero-order valence-electron chi connectivity index (χ0n) is 13.2. The molecule has 2 rings (SSSR count). The SMILES string of the molecule is CCCN1CCC(N(C)C(=O)Cc2ccccc2N)CC1. The quantitative estimate of drug-likeness (QED) is 0.845. The minimum absolute atomic E-state index is 0.168. The van der Waals surface area contributed by atoms with E-state index in [2.05, 4.69) is 11.8 Å². The van der Waals surface area contributed by atoms with E-state index in [4.69, 9.17) is 5.73 Å². The summed E-state index contributed by atoms with van der Waals surface area (Å²) < 4.78 is 0. The minimum atomic E-state index is 0.168. The molecule has 0 saturated carbocycles. The summed E-state index contributed by atoms with van der Waals surface area (Å²) in [4.78, 5) is 16.8. The molecule has 1 aromatic rings. The van der Waals surface area contributed by atoms with Crippen LogP contribution >= 0.6 is 0 Å². The van der Waals surface area contributed by atoms with Gasteiger partial charge in [-0.2, -0.15) is 0 Å². The van der Waals surface area contributed by atoms with Gasteiger partial charge in [0.1, 0.15) is 0 Å². The van der Waals surface area contributed by atoms with Gasteiger partial charge >= 0.3 is 0 Å². The summed E-state index contributed by atoms with van der Waals surface area (Å²) in [6, 6.07) is 7.99. The van der Waals surface area contributed by atoms with E-state index in [-0.39, 0.29) is 5.91 Å². The number of likely N-dealkylation sites (tertiary alicyclic amines) is 1. The molecule has 4 nitrogen and oxygen atoms in total. The van der Waals surface area contributed by atoms with Gasteiger partial charge in [0.25, 0.3) is 0 Å². The van der Waals surface area contributed by atoms with Crippen LogP contribution in [0.1, 0.15) is 31.7 Å². The number of likely N-dealkylation sites (N-methyl/N-ethyl adjacent to an activating group) is 1. The molecule has 2 N–H and O–H groups in total. The molecule has 1 aromatic carbocycles. The molecule has 1 saturated heterocycles. The summed E-state index contributed by atoms with van der Waals surface area (Å²) in [5.74, 6) is 0.168. The van der Waals surface area contributed by atoms with Gasteiger partial charge in [0.05, 0.1) is 6.42 Å². The Morgan fingerprint density at radius 3 is 2.62 bits per heavy atom. The Kier molecular flexibility index (Phi) is 5.62. The highest BCUT2D eigenvalue weighted by Crippen LogP contribution is 2.18. The minimum Gasteiger partial charge on any atom is -0.398 e. The van der Waals surface area contributed by atoms with Crippen molar-refractivity contribution in [3.63, 3.8) is 0 Å². The molecule has 21 heavy (non-hydrogen) atoms. The zero-order valence-corrected chi connectivity index (χ0v) is 13.2. The number of hydrogen-bond donors (Lipinski definition) is 1. The van der Waals surface area contributed by atoms with Crippen molar-refractivity contribution in [2.24, 2.45) is 0 Å². The molecule has 0 aliphatic carbocycles. The molecular formula is C17H27N3O. The van der Waals surface area contributed by atoms with Crippen molar-refractivity contribution < 1.29 is 4.79 Å². The third-order valence-corrected chi connectivity index (χ3v) is 4.43. The van der Waals surface area contributed by atoms with Crippen LogP contribution in [0, 0.1) is 0 Å². The lowest BCUT2D eigenvalue weighted by molar-refractivity contribution is -0.132. The second kappa shape index (κ2) is 7.46. The molecule has 1 aliphatic heterocycles. The Balaban J connectivity index is 1.87. The van der Waals surface area contributed by atoms with Crippen LogP contribution in [0.25, 0.3) is 0 Å². The van der Waals surface area contributed by atoms with E-state index >= 15 is 0 Å². The highest BCUT2D eigenvalue weighted by Gasteiger charge is 2.25. The molecule has 116 valence electrons. The van der Waals surface area contributed by atoms with Gasteiger partial charge in [-0.1, -0.05) is 25.1 Å². The number of benzene rings is 1. The Labute approximate surface area is 127 Å². The average molecular weight is 289 g/mol. The molecule has 0 atom stereocenters. The number of rotatable bonds is 5. The molecule has 1 amide bonds. The maximum atomic E-state index is 12.4. The van der Waals surface area contributed by atoms with Crippen LogP contribution in [-0.4, -0.2) is 48.4 Å². The predicted octanol–water partition coefficient (Wildman–Crippen LogP) is 2.14. The molecule has 4 heteroatoms. The summed E-state index contributed by atoms with van der Waals surface area (Å²) in [6.07, 6.45) is 3.75. The third kappa shape index (κ3) is 4.21. The number of nitrogen functional groups attached to an aromatic ring is 1. The summed E-state index contributed by atoms with van der Waals surface area (Å²) in [6.45, 7) is 5.59. The Morgan fingerprint density at radius 1 is 1.33 bits per heavy atom. The van der Waals surface area contributed by atoms with E-state index in [0.717, 1.165) is 31.5 Å². The van der Waals surface area contributed by atoms with Crippen LogP contribution in [0.3, 0.4) is 0 Å². The lowest BCUT2D eigenvalue weighted by atomic mass is 10.0. The fourth-order valence-electron chi connectivity index (χ4n) is 3.03. The van der Waals surface area contributed by atoms with Crippen molar-refractivity contribution in [2.45, 2.75) is 38.6 Å². The van der Waals surface area contributed by atoms with Crippen LogP contribution in [0.5, 0.6) is 0 Å². The average Bonchev–Trinajstić information content (AvgIpc) is 2.50. The largest absolute Gasteiger partial charge is 0.398 e. The Bertz CT molecular complexity index is 467. The molecule has 0 aromatic heterocycles. The maximum Gasteiger partial charge on any atom is 0.227 e. The maximum absolute atomic E-state index is 12.4. The Morgan fingerprint density at radius 2 is 2.00 bits per heavy atom. The summed E-state index contributed by atoms with van der Waals surface area (Å²) in [7, 11) is 1.93. The molecule has 0 unspecified atom stereocenters. The highest BCUT2D eigenvalue weighted by molar-refractivity contribution is 5.80. The molecular weight excluding hydrogens is 262 g/mol. The Hall–Kier alpha value is -1.55. The number of hydrogen-bond acceptors (Lipinski definition) is 3. The van der Waals surface area contributed by atoms with Gasteiger partial charge in [0.15, 0.2) is 0 Å². The summed E-state index contributed by atoms with van der Waals surface area (Å²) >= 11 is 0. The first-order chi connectivity index (χ1) is 10.1. The summed E-state index contributed by atoms with van der Waals surface area (Å²) in [5, 5.41) is 0. The number of carbonyl (C=O) groups excluding carboxylic acids is 1. The number of nitrogens with zero attached hydrogens (tertiary/aromatic N) is 2. The van der Waals surface area contributed by atoms with Crippen LogP contribution in [0.4, 0.5) is 5.69 Å². The van der Waals surface area contributed by atoms with Gasteiger partial charge < -0.3 is 15.5 Å². The van der Waals surface area contributed by atoms with E-state index in [1.165, 1.54) is 13.0 Å². The monoisotopic (exact) mass is 289 g/mol. The first-order valence-corrected chi connectivity index (χ1v) is 7.93. The van der Waals surface area contributed by atoms with Gasteiger partial charge in [-0.15, -0.1) is 0 Å². The predicted molar refractivity (Wildman–Crippen MR) is 87.1 cm³/mol. The van der Waals surface area contributed by atoms with Gasteiger partial charge in [0.2, 0.25) is 5.91 Å². The van der Waals surface area contributed by atoms with Crippen LogP contribution < -0.4 is 5.73 Å². The normalized spacial score (nSPS) is 16.9. The fourth-order valence-corrected chi connectivity index (χ4v) is 3.03. The van der Waals surface area contributed by atoms with Crippen molar-refractivity contribution in [2.75, 3.05) is 32.4 Å². The van der Waals surface area contributed by atoms with Gasteiger partial charge in [-0.3, -0.25) is 4.79 Å². The lowest BCUT2D eigenvalue weighted by Gasteiger charge is -2.36. The second-order valence-corrected chi connectivity index (χ2v) is 5.95. The first-order valence-electron chi connectivity index (χ1n) is 7.93. The van der Waals surface area contributed by atoms with Crippen molar-refractivity contribution in [3.05, 3.63) is 29.8 Å². The first kappa shape index (κ1) is 15.8. The number of nitrogens with two attached hydrogens (primary N) is 1. The van der Waals surface area contributed by atoms with E-state index in [0.29, 0.717) is 18.2 Å². The van der Waals surface area contributed by atoms with Crippen molar-refractivity contribution in [1.82, 2.24) is 9.80 Å². The van der Waals surface area contributed by atoms with Crippen molar-refractivity contribution in [1.29, 1.82) is 0 Å². The van der Waals surface area contributed by atoms with E-state index < -0.39 is 0 Å². The summed E-state index contributed by atoms with van der Waals surface area (Å²) in [5.41, 5.74) is 7.56. The van der Waals surface area contributed by atoms with E-state index in [1.54, 1.807) is 0 Å². The number of piperidine rings is 1. The number of amides is 1. The van der Waals surface area contributed by atoms with Gasteiger partial charge in [-0.05, 0) is 37.4 Å². The molecule has 1 fully saturated rings. The van der Waals surface area contributed by atoms with E-state index in [9.17, 15) is 4.79 Å². The van der Waals surface area contributed by atoms with Crippen molar-refractivity contribution >= 4 is 11.6 Å². The molecule has 0 bridgehead atoms. The van der Waals surface area contributed by atoms with Crippen LogP contribution in [0.15, 0.2) is 24.3 Å². The lowest BCUT2D eigenvalue weighted by Crippen LogP contribution is -2.46. The smallest absolute Gasteiger partial charge is 0.227 e. The number of para-hydroxylation sites is 1. The van der Waals surface area contributed by atoms with E-state index in [1.807, 2.05) is 36.2 Å². The molecule has 1 aliphatic rings. The van der Waals surface area contributed by atoms with Crippen LogP contribution in [0.2, 0.25) is 0 Å². The van der Waals surface area contributed by atoms with Gasteiger partial charge in [-0.25, -0.2) is 0 Å². The number of anilines is 1. The van der Waals surface area contributed by atoms with Gasteiger partial charge in [0, 0.05) is 31.9 Å². The molecule has 0 spiro atoms.